The normalized spacial score (nSPS) is 12.6. The van der Waals surface area contributed by atoms with Crippen molar-refractivity contribution in [2.75, 3.05) is 11.9 Å². The average Bonchev–Trinajstić information content (AvgIpc) is 2.15. The molecule has 0 fully saturated rings. The number of nitrogens with two attached hydrogens (primary N) is 1. The van der Waals surface area contributed by atoms with Crippen LogP contribution in [0.3, 0.4) is 0 Å². The van der Waals surface area contributed by atoms with Crippen LogP contribution in [0.1, 0.15) is 20.8 Å². The van der Waals surface area contributed by atoms with E-state index >= 15 is 0 Å². The summed E-state index contributed by atoms with van der Waals surface area (Å²) in [4.78, 5) is 4.27. The molecule has 3 N–H and O–H groups in total. The smallest absolute Gasteiger partial charge is 0.193 e. The number of nitrogens with zero attached hydrogens (tertiary/aromatic N) is 1. The quantitative estimate of drug-likeness (QED) is 0.575. The molecule has 15 heavy (non-hydrogen) atoms. The topological polar surface area (TPSA) is 50.4 Å². The number of aliphatic imine (C=N–C) groups is 1. The van der Waals surface area contributed by atoms with Crippen molar-refractivity contribution in [1.82, 2.24) is 0 Å². The first kappa shape index (κ1) is 11.6. The lowest BCUT2D eigenvalue weighted by molar-refractivity contribution is 0.429. The van der Waals surface area contributed by atoms with Gasteiger partial charge in [-0.05, 0) is 17.5 Å². The molecule has 1 rings (SSSR count). The second-order valence-electron chi connectivity index (χ2n) is 4.75. The van der Waals surface area contributed by atoms with Crippen molar-refractivity contribution in [3.63, 3.8) is 0 Å². The van der Waals surface area contributed by atoms with Gasteiger partial charge in [0.1, 0.15) is 0 Å². The Morgan fingerprint density at radius 2 is 1.87 bits per heavy atom. The minimum Gasteiger partial charge on any atom is -0.370 e. The van der Waals surface area contributed by atoms with Gasteiger partial charge in [-0.3, -0.25) is 4.99 Å². The van der Waals surface area contributed by atoms with Crippen molar-refractivity contribution >= 4 is 11.6 Å². The zero-order chi connectivity index (χ0) is 11.3. The van der Waals surface area contributed by atoms with Crippen LogP contribution >= 0.6 is 0 Å². The first-order valence-electron chi connectivity index (χ1n) is 5.09. The SMILES string of the molecule is CC(C)(C)CN=C(N)Nc1ccccc1. The number of anilines is 1. The molecule has 0 aliphatic carbocycles. The van der Waals surface area contributed by atoms with Crippen LogP contribution in [0.4, 0.5) is 5.69 Å². The fraction of sp³-hybridized carbons (Fsp3) is 0.417. The van der Waals surface area contributed by atoms with E-state index in [9.17, 15) is 0 Å². The van der Waals surface area contributed by atoms with Crippen LogP contribution in [-0.2, 0) is 0 Å². The van der Waals surface area contributed by atoms with Gasteiger partial charge in [0, 0.05) is 12.2 Å². The Morgan fingerprint density at radius 1 is 1.27 bits per heavy atom. The lowest BCUT2D eigenvalue weighted by atomic mass is 9.97. The Bertz CT molecular complexity index is 322. The average molecular weight is 205 g/mol. The number of nitrogens with one attached hydrogen (secondary N) is 1. The van der Waals surface area contributed by atoms with Gasteiger partial charge in [-0.1, -0.05) is 39.0 Å². The molecule has 0 radical (unpaired) electrons. The summed E-state index contributed by atoms with van der Waals surface area (Å²) in [5.41, 5.74) is 6.89. The standard InChI is InChI=1S/C12H19N3/c1-12(2,3)9-14-11(13)15-10-7-5-4-6-8-10/h4-8H,9H2,1-3H3,(H3,13,14,15). The van der Waals surface area contributed by atoms with Crippen LogP contribution in [-0.4, -0.2) is 12.5 Å². The van der Waals surface area contributed by atoms with E-state index in [2.05, 4.69) is 31.1 Å². The summed E-state index contributed by atoms with van der Waals surface area (Å²) in [5.74, 6) is 0.469. The Balaban J connectivity index is 2.53. The molecule has 0 spiro atoms. The molecule has 3 nitrogen and oxygen atoms in total. The summed E-state index contributed by atoms with van der Waals surface area (Å²) in [6.45, 7) is 7.11. The second kappa shape index (κ2) is 4.82. The van der Waals surface area contributed by atoms with Gasteiger partial charge in [-0.25, -0.2) is 0 Å². The second-order valence-corrected chi connectivity index (χ2v) is 4.75. The van der Waals surface area contributed by atoms with Gasteiger partial charge >= 0.3 is 0 Å². The van der Waals surface area contributed by atoms with Crippen LogP contribution in [0.5, 0.6) is 0 Å². The molecule has 0 atom stereocenters. The lowest BCUT2D eigenvalue weighted by Crippen LogP contribution is -2.24. The van der Waals surface area contributed by atoms with E-state index in [0.717, 1.165) is 12.2 Å². The molecule has 0 amide bonds. The molecular formula is C12H19N3. The minimum absolute atomic E-state index is 0.170. The van der Waals surface area contributed by atoms with Crippen LogP contribution in [0.2, 0.25) is 0 Å². The van der Waals surface area contributed by atoms with Gasteiger partial charge in [0.2, 0.25) is 0 Å². The van der Waals surface area contributed by atoms with E-state index in [1.165, 1.54) is 0 Å². The van der Waals surface area contributed by atoms with Gasteiger partial charge in [0.25, 0.3) is 0 Å². The highest BCUT2D eigenvalue weighted by Gasteiger charge is 2.08. The monoisotopic (exact) mass is 205 g/mol. The van der Waals surface area contributed by atoms with E-state index in [1.54, 1.807) is 0 Å². The Labute approximate surface area is 91.4 Å². The third kappa shape index (κ3) is 5.05. The van der Waals surface area contributed by atoms with E-state index < -0.39 is 0 Å². The molecule has 0 heterocycles. The Hall–Kier alpha value is -1.51. The molecule has 3 heteroatoms. The number of rotatable bonds is 2. The third-order valence-corrected chi connectivity index (χ3v) is 1.77. The predicted molar refractivity (Wildman–Crippen MR) is 66.0 cm³/mol. The zero-order valence-corrected chi connectivity index (χ0v) is 9.62. The summed E-state index contributed by atoms with van der Waals surface area (Å²) in [6, 6.07) is 9.80. The van der Waals surface area contributed by atoms with Gasteiger partial charge in [-0.15, -0.1) is 0 Å². The lowest BCUT2D eigenvalue weighted by Gasteiger charge is -2.15. The maximum atomic E-state index is 5.75. The molecule has 0 bridgehead atoms. The van der Waals surface area contributed by atoms with E-state index in [1.807, 2.05) is 30.3 Å². The summed E-state index contributed by atoms with van der Waals surface area (Å²) in [5, 5.41) is 3.04. The van der Waals surface area contributed by atoms with Crippen molar-refractivity contribution < 1.29 is 0 Å². The maximum Gasteiger partial charge on any atom is 0.193 e. The van der Waals surface area contributed by atoms with Crippen LogP contribution in [0, 0.1) is 5.41 Å². The Kier molecular flexibility index (Phi) is 3.72. The molecule has 0 saturated heterocycles. The first-order chi connectivity index (χ1) is 6.97. The van der Waals surface area contributed by atoms with Crippen LogP contribution in [0.25, 0.3) is 0 Å². The third-order valence-electron chi connectivity index (χ3n) is 1.77. The predicted octanol–water partition coefficient (Wildman–Crippen LogP) is 2.46. The maximum absolute atomic E-state index is 5.75. The van der Waals surface area contributed by atoms with E-state index in [4.69, 9.17) is 5.73 Å². The molecule has 1 aromatic carbocycles. The fourth-order valence-electron chi connectivity index (χ4n) is 1.03. The van der Waals surface area contributed by atoms with Crippen LogP contribution < -0.4 is 11.1 Å². The van der Waals surface area contributed by atoms with Crippen molar-refractivity contribution in [3.05, 3.63) is 30.3 Å². The first-order valence-corrected chi connectivity index (χ1v) is 5.09. The molecule has 0 aromatic heterocycles. The number of hydrogen-bond donors (Lipinski definition) is 2. The summed E-state index contributed by atoms with van der Waals surface area (Å²) in [6.07, 6.45) is 0. The molecule has 0 aliphatic rings. The number of guanidine groups is 1. The van der Waals surface area contributed by atoms with Gasteiger partial charge < -0.3 is 11.1 Å². The van der Waals surface area contributed by atoms with Crippen molar-refractivity contribution in [2.24, 2.45) is 16.1 Å². The number of benzene rings is 1. The zero-order valence-electron chi connectivity index (χ0n) is 9.62. The minimum atomic E-state index is 0.170. The Morgan fingerprint density at radius 3 is 2.40 bits per heavy atom. The highest BCUT2D eigenvalue weighted by molar-refractivity contribution is 5.92. The molecule has 0 unspecified atom stereocenters. The molecule has 82 valence electrons. The fourth-order valence-corrected chi connectivity index (χ4v) is 1.03. The van der Waals surface area contributed by atoms with Crippen molar-refractivity contribution in [1.29, 1.82) is 0 Å². The number of para-hydroxylation sites is 1. The highest BCUT2D eigenvalue weighted by atomic mass is 15.1. The van der Waals surface area contributed by atoms with E-state index in [-0.39, 0.29) is 5.41 Å². The molecule has 0 aliphatic heterocycles. The van der Waals surface area contributed by atoms with Gasteiger partial charge in [0.05, 0.1) is 0 Å². The van der Waals surface area contributed by atoms with Gasteiger partial charge in [0.15, 0.2) is 5.96 Å². The van der Waals surface area contributed by atoms with Crippen LogP contribution in [0.15, 0.2) is 35.3 Å². The molecule has 1 aromatic rings. The van der Waals surface area contributed by atoms with Crippen molar-refractivity contribution in [3.8, 4) is 0 Å². The highest BCUT2D eigenvalue weighted by Crippen LogP contribution is 2.12. The summed E-state index contributed by atoms with van der Waals surface area (Å²) >= 11 is 0. The van der Waals surface area contributed by atoms with Crippen molar-refractivity contribution in [2.45, 2.75) is 20.8 Å². The van der Waals surface area contributed by atoms with E-state index in [0.29, 0.717) is 5.96 Å². The molecule has 0 saturated carbocycles. The largest absolute Gasteiger partial charge is 0.370 e. The van der Waals surface area contributed by atoms with Gasteiger partial charge in [-0.2, -0.15) is 0 Å². The summed E-state index contributed by atoms with van der Waals surface area (Å²) < 4.78 is 0. The number of hydrogen-bond acceptors (Lipinski definition) is 1. The molecular weight excluding hydrogens is 186 g/mol. The summed E-state index contributed by atoms with van der Waals surface area (Å²) in [7, 11) is 0.